The number of benzene rings is 1. The number of nitrogens with one attached hydrogen (secondary N) is 1. The van der Waals surface area contributed by atoms with Crippen molar-refractivity contribution in [3.63, 3.8) is 0 Å². The smallest absolute Gasteiger partial charge is 0.253 e. The summed E-state index contributed by atoms with van der Waals surface area (Å²) in [6.07, 6.45) is 8.13. The van der Waals surface area contributed by atoms with Crippen LogP contribution in [0.2, 0.25) is 5.02 Å². The van der Waals surface area contributed by atoms with Crippen LogP contribution in [-0.4, -0.2) is 17.5 Å². The van der Waals surface area contributed by atoms with E-state index in [1.807, 2.05) is 24.4 Å². The van der Waals surface area contributed by atoms with Gasteiger partial charge < -0.3 is 9.88 Å². The number of aromatic nitrogens is 1. The summed E-state index contributed by atoms with van der Waals surface area (Å²) >= 11 is 6.39. The third kappa shape index (κ3) is 2.20. The first-order valence-corrected chi connectivity index (χ1v) is 7.61. The minimum atomic E-state index is -0.0492. The van der Waals surface area contributed by atoms with E-state index in [1.54, 1.807) is 7.05 Å². The van der Waals surface area contributed by atoms with Gasteiger partial charge in [0.1, 0.15) is 0 Å². The molecule has 1 aliphatic carbocycles. The fourth-order valence-corrected chi connectivity index (χ4v) is 3.50. The Kier molecular flexibility index (Phi) is 3.70. The molecule has 4 heteroatoms. The Morgan fingerprint density at radius 2 is 2.05 bits per heavy atom. The molecule has 1 heterocycles. The average molecular weight is 291 g/mol. The van der Waals surface area contributed by atoms with E-state index in [0.29, 0.717) is 6.04 Å². The third-order valence-corrected chi connectivity index (χ3v) is 4.55. The summed E-state index contributed by atoms with van der Waals surface area (Å²) in [7, 11) is 1.66. The van der Waals surface area contributed by atoms with Crippen LogP contribution < -0.4 is 5.32 Å². The molecule has 0 unspecified atom stereocenters. The lowest BCUT2D eigenvalue weighted by Gasteiger charge is -2.24. The molecule has 0 saturated heterocycles. The lowest BCUT2D eigenvalue weighted by molar-refractivity contribution is 0.0964. The van der Waals surface area contributed by atoms with Crippen molar-refractivity contribution in [1.82, 2.24) is 9.88 Å². The summed E-state index contributed by atoms with van der Waals surface area (Å²) in [5.74, 6) is -0.0492. The predicted octanol–water partition coefficient (Wildman–Crippen LogP) is 4.16. The predicted molar refractivity (Wildman–Crippen MR) is 82.5 cm³/mol. The Labute approximate surface area is 123 Å². The highest BCUT2D eigenvalue weighted by Crippen LogP contribution is 2.36. The van der Waals surface area contributed by atoms with Crippen LogP contribution >= 0.6 is 11.6 Å². The fraction of sp³-hybridized carbons (Fsp3) is 0.438. The number of fused-ring (bicyclic) bond motifs is 1. The van der Waals surface area contributed by atoms with E-state index in [4.69, 9.17) is 11.6 Å². The molecule has 1 N–H and O–H groups in total. The van der Waals surface area contributed by atoms with Gasteiger partial charge in [-0.1, -0.05) is 43.0 Å². The highest BCUT2D eigenvalue weighted by atomic mass is 35.5. The SMILES string of the molecule is CNC(=O)c1cn(C2CCCCC2)c2c(Cl)cccc12. The molecule has 3 rings (SSSR count). The Morgan fingerprint density at radius 1 is 1.30 bits per heavy atom. The number of hydrogen-bond donors (Lipinski definition) is 1. The van der Waals surface area contributed by atoms with Crippen LogP contribution in [0.15, 0.2) is 24.4 Å². The molecule has 0 radical (unpaired) electrons. The van der Waals surface area contributed by atoms with Crippen molar-refractivity contribution in [1.29, 1.82) is 0 Å². The Hall–Kier alpha value is -1.48. The average Bonchev–Trinajstić information content (AvgIpc) is 2.88. The number of para-hydroxylation sites is 1. The molecule has 1 aromatic carbocycles. The highest BCUT2D eigenvalue weighted by molar-refractivity contribution is 6.35. The van der Waals surface area contributed by atoms with Crippen molar-refractivity contribution >= 4 is 28.4 Å². The van der Waals surface area contributed by atoms with Gasteiger partial charge in [-0.15, -0.1) is 0 Å². The van der Waals surface area contributed by atoms with E-state index in [9.17, 15) is 4.79 Å². The van der Waals surface area contributed by atoms with E-state index < -0.39 is 0 Å². The first-order chi connectivity index (χ1) is 9.72. The topological polar surface area (TPSA) is 34.0 Å². The van der Waals surface area contributed by atoms with Gasteiger partial charge in [0.25, 0.3) is 5.91 Å². The first kappa shape index (κ1) is 13.5. The van der Waals surface area contributed by atoms with Gasteiger partial charge in [0.05, 0.1) is 16.1 Å². The van der Waals surface area contributed by atoms with Crippen LogP contribution in [0, 0.1) is 0 Å². The van der Waals surface area contributed by atoms with Gasteiger partial charge in [-0.25, -0.2) is 0 Å². The minimum Gasteiger partial charge on any atom is -0.355 e. The summed E-state index contributed by atoms with van der Waals surface area (Å²) in [5, 5.41) is 4.39. The van der Waals surface area contributed by atoms with E-state index in [2.05, 4.69) is 9.88 Å². The van der Waals surface area contributed by atoms with Gasteiger partial charge in [0.15, 0.2) is 0 Å². The standard InChI is InChI=1S/C16H19ClN2O/c1-18-16(20)13-10-19(11-6-3-2-4-7-11)15-12(13)8-5-9-14(15)17/h5,8-11H,2-4,6-7H2,1H3,(H,18,20). The normalized spacial score (nSPS) is 16.5. The highest BCUT2D eigenvalue weighted by Gasteiger charge is 2.22. The van der Waals surface area contributed by atoms with Crippen molar-refractivity contribution in [2.45, 2.75) is 38.1 Å². The van der Waals surface area contributed by atoms with Gasteiger partial charge >= 0.3 is 0 Å². The summed E-state index contributed by atoms with van der Waals surface area (Å²) in [6.45, 7) is 0. The van der Waals surface area contributed by atoms with Crippen molar-refractivity contribution in [3.8, 4) is 0 Å². The van der Waals surface area contributed by atoms with Crippen molar-refractivity contribution in [2.24, 2.45) is 0 Å². The zero-order chi connectivity index (χ0) is 14.1. The van der Waals surface area contributed by atoms with Gasteiger partial charge in [-0.2, -0.15) is 0 Å². The van der Waals surface area contributed by atoms with Crippen LogP contribution in [0.4, 0.5) is 0 Å². The molecule has 0 spiro atoms. The van der Waals surface area contributed by atoms with Crippen LogP contribution in [0.5, 0.6) is 0 Å². The number of hydrogen-bond acceptors (Lipinski definition) is 1. The summed E-state index contributed by atoms with van der Waals surface area (Å²) in [5.41, 5.74) is 1.72. The molecule has 2 aromatic rings. The zero-order valence-corrected chi connectivity index (χ0v) is 12.4. The van der Waals surface area contributed by atoms with Gasteiger partial charge in [-0.05, 0) is 18.9 Å². The molecule has 1 fully saturated rings. The Balaban J connectivity index is 2.18. The largest absolute Gasteiger partial charge is 0.355 e. The lowest BCUT2D eigenvalue weighted by atomic mass is 9.95. The van der Waals surface area contributed by atoms with E-state index in [0.717, 1.165) is 21.5 Å². The lowest BCUT2D eigenvalue weighted by Crippen LogP contribution is -2.17. The molecule has 0 atom stereocenters. The van der Waals surface area contributed by atoms with Crippen LogP contribution in [0.1, 0.15) is 48.5 Å². The molecule has 0 bridgehead atoms. The second-order valence-electron chi connectivity index (χ2n) is 5.46. The van der Waals surface area contributed by atoms with Crippen molar-refractivity contribution in [3.05, 3.63) is 35.0 Å². The van der Waals surface area contributed by atoms with Crippen LogP contribution in [-0.2, 0) is 0 Å². The maximum absolute atomic E-state index is 12.1. The number of carbonyl (C=O) groups excluding carboxylic acids is 1. The number of nitrogens with zero attached hydrogens (tertiary/aromatic N) is 1. The maximum atomic E-state index is 12.1. The Morgan fingerprint density at radius 3 is 2.75 bits per heavy atom. The molecular weight excluding hydrogens is 272 g/mol. The zero-order valence-electron chi connectivity index (χ0n) is 11.7. The summed E-state index contributed by atoms with van der Waals surface area (Å²) in [6, 6.07) is 6.24. The van der Waals surface area contributed by atoms with E-state index in [1.165, 1.54) is 32.1 Å². The van der Waals surface area contributed by atoms with Gasteiger partial charge in [-0.3, -0.25) is 4.79 Å². The Bertz CT molecular complexity index is 641. The molecule has 106 valence electrons. The van der Waals surface area contributed by atoms with E-state index >= 15 is 0 Å². The monoisotopic (exact) mass is 290 g/mol. The molecule has 1 amide bonds. The second-order valence-corrected chi connectivity index (χ2v) is 5.86. The first-order valence-electron chi connectivity index (χ1n) is 7.23. The van der Waals surface area contributed by atoms with Crippen molar-refractivity contribution in [2.75, 3.05) is 7.05 Å². The van der Waals surface area contributed by atoms with Crippen LogP contribution in [0.3, 0.4) is 0 Å². The maximum Gasteiger partial charge on any atom is 0.253 e. The fourth-order valence-electron chi connectivity index (χ4n) is 3.23. The number of halogens is 1. The van der Waals surface area contributed by atoms with Crippen LogP contribution in [0.25, 0.3) is 10.9 Å². The number of amides is 1. The summed E-state index contributed by atoms with van der Waals surface area (Å²) < 4.78 is 2.22. The molecule has 1 aromatic heterocycles. The van der Waals surface area contributed by atoms with Gasteiger partial charge in [0.2, 0.25) is 0 Å². The third-order valence-electron chi connectivity index (χ3n) is 4.24. The molecule has 0 aliphatic heterocycles. The summed E-state index contributed by atoms with van der Waals surface area (Å²) in [4.78, 5) is 12.1. The van der Waals surface area contributed by atoms with E-state index in [-0.39, 0.29) is 5.91 Å². The molecule has 3 nitrogen and oxygen atoms in total. The molecule has 1 saturated carbocycles. The second kappa shape index (κ2) is 5.49. The number of carbonyl (C=O) groups is 1. The molecule has 20 heavy (non-hydrogen) atoms. The quantitative estimate of drug-likeness (QED) is 0.885. The number of rotatable bonds is 2. The molecule has 1 aliphatic rings. The van der Waals surface area contributed by atoms with Gasteiger partial charge in [0, 0.05) is 24.7 Å². The van der Waals surface area contributed by atoms with Crippen molar-refractivity contribution < 1.29 is 4.79 Å². The molecular formula is C16H19ClN2O. The minimum absolute atomic E-state index is 0.0492.